The van der Waals surface area contributed by atoms with Crippen LogP contribution in [0.25, 0.3) is 11.3 Å². The Morgan fingerprint density at radius 1 is 1.08 bits per heavy atom. The van der Waals surface area contributed by atoms with Gasteiger partial charge in [-0.1, -0.05) is 50.6 Å². The van der Waals surface area contributed by atoms with E-state index in [-0.39, 0.29) is 11.0 Å². The summed E-state index contributed by atoms with van der Waals surface area (Å²) in [6.07, 6.45) is 7.86. The zero-order valence-corrected chi connectivity index (χ0v) is 15.9. The molecule has 3 nitrogen and oxygen atoms in total. The Morgan fingerprint density at radius 3 is 2.48 bits per heavy atom. The van der Waals surface area contributed by atoms with Gasteiger partial charge in [0.15, 0.2) is 16.0 Å². The highest BCUT2D eigenvalue weighted by Gasteiger charge is 2.13. The van der Waals surface area contributed by atoms with Crippen molar-refractivity contribution in [1.82, 2.24) is 10.2 Å². The molecule has 6 heteroatoms. The van der Waals surface area contributed by atoms with E-state index >= 15 is 0 Å². The van der Waals surface area contributed by atoms with Gasteiger partial charge in [0.25, 0.3) is 0 Å². The Morgan fingerprint density at radius 2 is 1.76 bits per heavy atom. The molecule has 0 amide bonds. The van der Waals surface area contributed by atoms with Crippen LogP contribution in [0.5, 0.6) is 5.75 Å². The molecule has 0 unspecified atom stereocenters. The summed E-state index contributed by atoms with van der Waals surface area (Å²) < 4.78 is 18.9. The van der Waals surface area contributed by atoms with Gasteiger partial charge in [-0.25, -0.2) is 4.39 Å². The van der Waals surface area contributed by atoms with Gasteiger partial charge in [0.2, 0.25) is 0 Å². The number of hydrogen-bond acceptors (Lipinski definition) is 4. The van der Waals surface area contributed by atoms with Crippen LogP contribution in [-0.2, 0) is 0 Å². The minimum absolute atomic E-state index is 0.225. The Bertz CT molecular complexity index is 694. The zero-order valence-electron chi connectivity index (χ0n) is 14.3. The van der Waals surface area contributed by atoms with Crippen LogP contribution in [0, 0.1) is 5.82 Å². The van der Waals surface area contributed by atoms with Crippen molar-refractivity contribution in [2.75, 3.05) is 0 Å². The summed E-state index contributed by atoms with van der Waals surface area (Å²) in [5, 5.41) is 8.65. The minimum Gasteiger partial charge on any atom is -0.448 e. The number of rotatable bonds is 9. The Hall–Kier alpha value is -1.59. The molecule has 0 aliphatic carbocycles. The summed E-state index contributed by atoms with van der Waals surface area (Å²) in [6, 6.07) is 7.56. The SMILES string of the molecule is CCCCCCCCC(=S)Oc1cc(Cl)nnc1-c1ccc(F)cc1. The van der Waals surface area contributed by atoms with Gasteiger partial charge in [0, 0.05) is 18.1 Å². The van der Waals surface area contributed by atoms with Gasteiger partial charge in [0.05, 0.1) is 0 Å². The lowest BCUT2D eigenvalue weighted by molar-refractivity contribution is 0.531. The maximum absolute atomic E-state index is 13.1. The number of unbranched alkanes of at least 4 members (excludes halogenated alkanes) is 5. The maximum Gasteiger partial charge on any atom is 0.167 e. The number of ether oxygens (including phenoxy) is 1. The van der Waals surface area contributed by atoms with Crippen LogP contribution in [-0.4, -0.2) is 15.2 Å². The summed E-state index contributed by atoms with van der Waals surface area (Å²) in [6.45, 7) is 2.20. The van der Waals surface area contributed by atoms with Crippen molar-refractivity contribution in [2.45, 2.75) is 51.9 Å². The standard InChI is InChI=1S/C19H22ClFN2OS/c1-2-3-4-5-6-7-8-18(25)24-16-13-17(20)22-23-19(16)14-9-11-15(21)12-10-14/h9-13H,2-8H2,1H3. The van der Waals surface area contributed by atoms with Crippen molar-refractivity contribution < 1.29 is 9.13 Å². The number of halogens is 2. The molecule has 1 aromatic heterocycles. The van der Waals surface area contributed by atoms with E-state index in [0.29, 0.717) is 28.5 Å². The second-order valence-corrected chi connectivity index (χ2v) is 6.72. The largest absolute Gasteiger partial charge is 0.448 e. The van der Waals surface area contributed by atoms with E-state index in [1.807, 2.05) is 0 Å². The lowest BCUT2D eigenvalue weighted by Crippen LogP contribution is -2.07. The fourth-order valence-electron chi connectivity index (χ4n) is 2.46. The number of nitrogens with zero attached hydrogens (tertiary/aromatic N) is 2. The summed E-state index contributed by atoms with van der Waals surface area (Å²) in [5.74, 6) is 0.134. The molecule has 0 aliphatic rings. The first-order valence-corrected chi connectivity index (χ1v) is 9.38. The molecule has 0 atom stereocenters. The third kappa shape index (κ3) is 6.67. The fraction of sp³-hybridized carbons (Fsp3) is 0.421. The monoisotopic (exact) mass is 380 g/mol. The van der Waals surface area contributed by atoms with E-state index < -0.39 is 0 Å². The molecule has 25 heavy (non-hydrogen) atoms. The van der Waals surface area contributed by atoms with Crippen molar-refractivity contribution >= 4 is 28.9 Å². The molecule has 0 saturated carbocycles. The molecular formula is C19H22ClFN2OS. The molecule has 0 fully saturated rings. The number of thiocarbonyl (C=S) groups is 1. The van der Waals surface area contributed by atoms with Crippen molar-refractivity contribution in [3.8, 4) is 17.0 Å². The van der Waals surface area contributed by atoms with E-state index in [2.05, 4.69) is 17.1 Å². The van der Waals surface area contributed by atoms with E-state index in [1.54, 1.807) is 18.2 Å². The lowest BCUT2D eigenvalue weighted by Gasteiger charge is -2.11. The van der Waals surface area contributed by atoms with E-state index in [0.717, 1.165) is 12.8 Å². The second kappa shape index (κ2) is 10.4. The maximum atomic E-state index is 13.1. The van der Waals surface area contributed by atoms with Crippen LogP contribution in [0.15, 0.2) is 30.3 Å². The average Bonchev–Trinajstić information content (AvgIpc) is 2.59. The lowest BCUT2D eigenvalue weighted by atomic mass is 10.1. The van der Waals surface area contributed by atoms with Crippen LogP contribution in [0.1, 0.15) is 51.9 Å². The predicted molar refractivity (Wildman–Crippen MR) is 104 cm³/mol. The number of benzene rings is 1. The van der Waals surface area contributed by atoms with Gasteiger partial charge >= 0.3 is 0 Å². The van der Waals surface area contributed by atoms with Crippen molar-refractivity contribution in [1.29, 1.82) is 0 Å². The highest BCUT2D eigenvalue weighted by Crippen LogP contribution is 2.29. The van der Waals surface area contributed by atoms with Crippen LogP contribution in [0.2, 0.25) is 5.15 Å². The van der Waals surface area contributed by atoms with E-state index in [9.17, 15) is 4.39 Å². The van der Waals surface area contributed by atoms with Crippen LogP contribution >= 0.6 is 23.8 Å². The molecule has 0 bridgehead atoms. The number of hydrogen-bond donors (Lipinski definition) is 0. The van der Waals surface area contributed by atoms with Crippen molar-refractivity contribution in [2.24, 2.45) is 0 Å². The highest BCUT2D eigenvalue weighted by atomic mass is 35.5. The van der Waals surface area contributed by atoms with Crippen LogP contribution in [0.3, 0.4) is 0 Å². The van der Waals surface area contributed by atoms with Gasteiger partial charge in [-0.05, 0) is 42.9 Å². The third-order valence-electron chi connectivity index (χ3n) is 3.81. The summed E-state index contributed by atoms with van der Waals surface area (Å²) in [4.78, 5) is 0. The molecule has 134 valence electrons. The molecule has 0 aliphatic heterocycles. The third-order valence-corrected chi connectivity index (χ3v) is 4.28. The highest BCUT2D eigenvalue weighted by molar-refractivity contribution is 7.80. The summed E-state index contributed by atoms with van der Waals surface area (Å²) in [5.41, 5.74) is 1.19. The van der Waals surface area contributed by atoms with Crippen LogP contribution in [0.4, 0.5) is 4.39 Å². The minimum atomic E-state index is -0.313. The smallest absolute Gasteiger partial charge is 0.167 e. The first kappa shape index (κ1) is 19.7. The molecule has 0 spiro atoms. The van der Waals surface area contributed by atoms with Crippen molar-refractivity contribution in [3.63, 3.8) is 0 Å². The Kier molecular flexibility index (Phi) is 8.22. The molecular weight excluding hydrogens is 359 g/mol. The Balaban J connectivity index is 1.97. The normalized spacial score (nSPS) is 10.7. The zero-order chi connectivity index (χ0) is 18.1. The molecule has 2 aromatic rings. The van der Waals surface area contributed by atoms with Gasteiger partial charge in [-0.3, -0.25) is 0 Å². The van der Waals surface area contributed by atoms with Gasteiger partial charge in [-0.2, -0.15) is 0 Å². The first-order chi connectivity index (χ1) is 12.1. The molecule has 2 rings (SSSR count). The van der Waals surface area contributed by atoms with Gasteiger partial charge < -0.3 is 4.74 Å². The molecule has 1 aromatic carbocycles. The van der Waals surface area contributed by atoms with Crippen LogP contribution < -0.4 is 4.74 Å². The first-order valence-electron chi connectivity index (χ1n) is 8.60. The number of aromatic nitrogens is 2. The molecule has 0 N–H and O–H groups in total. The predicted octanol–water partition coefficient (Wildman–Crippen LogP) is 6.39. The van der Waals surface area contributed by atoms with Crippen molar-refractivity contribution in [3.05, 3.63) is 41.3 Å². The second-order valence-electron chi connectivity index (χ2n) is 5.88. The quantitative estimate of drug-likeness (QED) is 0.372. The molecule has 1 heterocycles. The summed E-state index contributed by atoms with van der Waals surface area (Å²) >= 11 is 11.3. The van der Waals surface area contributed by atoms with Gasteiger partial charge in [0.1, 0.15) is 11.5 Å². The van der Waals surface area contributed by atoms with E-state index in [4.69, 9.17) is 28.6 Å². The topological polar surface area (TPSA) is 35.0 Å². The fourth-order valence-corrected chi connectivity index (χ4v) is 2.83. The average molecular weight is 381 g/mol. The Labute approximate surface area is 158 Å². The molecule has 0 saturated heterocycles. The summed E-state index contributed by atoms with van der Waals surface area (Å²) in [7, 11) is 0. The van der Waals surface area contributed by atoms with Gasteiger partial charge in [-0.15, -0.1) is 10.2 Å². The van der Waals surface area contributed by atoms with E-state index in [1.165, 1.54) is 37.8 Å². The molecule has 0 radical (unpaired) electrons.